The molecule has 1 spiro atoms. The summed E-state index contributed by atoms with van der Waals surface area (Å²) in [7, 11) is 4.52. The molecule has 5 rings (SSSR count). The number of anilines is 2. The van der Waals surface area contributed by atoms with Crippen LogP contribution in [0.3, 0.4) is 0 Å². The van der Waals surface area contributed by atoms with Crippen LogP contribution in [0.2, 0.25) is 0 Å². The van der Waals surface area contributed by atoms with Crippen LogP contribution >= 0.6 is 0 Å². The molecule has 1 aromatic carbocycles. The average Bonchev–Trinajstić information content (AvgIpc) is 3.50. The first-order valence-corrected chi connectivity index (χ1v) is 10.6. The topological polar surface area (TPSA) is 68.6 Å². The van der Waals surface area contributed by atoms with Gasteiger partial charge in [0.1, 0.15) is 11.5 Å². The predicted octanol–water partition coefficient (Wildman–Crippen LogP) is 3.91. The van der Waals surface area contributed by atoms with Gasteiger partial charge in [-0.2, -0.15) is 0 Å². The SMILES string of the molecule is COc1cc(OC)c(F)c(N2Cc3cnc(NCc4ccn(C)c4)cc3C3(CC3)C2=O)c1F. The second kappa shape index (κ2) is 7.75. The number of benzene rings is 1. The van der Waals surface area contributed by atoms with Crippen molar-refractivity contribution in [3.05, 3.63) is 65.1 Å². The highest BCUT2D eigenvalue weighted by Crippen LogP contribution is 2.55. The van der Waals surface area contributed by atoms with Crippen molar-refractivity contribution < 1.29 is 23.0 Å². The van der Waals surface area contributed by atoms with Gasteiger partial charge in [0.05, 0.1) is 26.2 Å². The largest absolute Gasteiger partial charge is 0.493 e. The maximum Gasteiger partial charge on any atom is 0.238 e. The van der Waals surface area contributed by atoms with Crippen molar-refractivity contribution in [2.75, 3.05) is 24.4 Å². The molecule has 0 radical (unpaired) electrons. The zero-order valence-electron chi connectivity index (χ0n) is 18.6. The average molecular weight is 454 g/mol. The van der Waals surface area contributed by atoms with E-state index in [1.165, 1.54) is 14.2 Å². The van der Waals surface area contributed by atoms with Gasteiger partial charge >= 0.3 is 0 Å². The van der Waals surface area contributed by atoms with Crippen molar-refractivity contribution in [3.63, 3.8) is 0 Å². The van der Waals surface area contributed by atoms with Crippen LogP contribution in [0, 0.1) is 11.6 Å². The van der Waals surface area contributed by atoms with Gasteiger partial charge in [0.25, 0.3) is 0 Å². The van der Waals surface area contributed by atoms with Crippen LogP contribution < -0.4 is 19.7 Å². The van der Waals surface area contributed by atoms with Crippen LogP contribution in [0.15, 0.2) is 36.8 Å². The van der Waals surface area contributed by atoms with E-state index in [-0.39, 0.29) is 24.0 Å². The molecule has 3 heterocycles. The van der Waals surface area contributed by atoms with E-state index in [0.29, 0.717) is 25.2 Å². The maximum atomic E-state index is 15.1. The lowest BCUT2D eigenvalue weighted by molar-refractivity contribution is -0.121. The summed E-state index contributed by atoms with van der Waals surface area (Å²) in [4.78, 5) is 19.2. The van der Waals surface area contributed by atoms with E-state index in [0.717, 1.165) is 27.7 Å². The van der Waals surface area contributed by atoms with Crippen LogP contribution in [-0.4, -0.2) is 29.7 Å². The summed E-state index contributed by atoms with van der Waals surface area (Å²) < 4.78 is 42.3. The molecule has 0 atom stereocenters. The molecule has 9 heteroatoms. The van der Waals surface area contributed by atoms with Gasteiger partial charge in [0.15, 0.2) is 23.1 Å². The number of carbonyl (C=O) groups excluding carboxylic acids is 1. The van der Waals surface area contributed by atoms with E-state index >= 15 is 8.78 Å². The number of aryl methyl sites for hydroxylation is 1. The number of fused-ring (bicyclic) bond motifs is 2. The summed E-state index contributed by atoms with van der Waals surface area (Å²) in [5.74, 6) is -1.92. The van der Waals surface area contributed by atoms with Crippen molar-refractivity contribution in [2.45, 2.75) is 31.3 Å². The van der Waals surface area contributed by atoms with Crippen LogP contribution in [0.5, 0.6) is 11.5 Å². The molecule has 3 aromatic rings. The number of ether oxygens (including phenoxy) is 2. The summed E-state index contributed by atoms with van der Waals surface area (Å²) >= 11 is 0. The number of amides is 1. The Labute approximate surface area is 189 Å². The molecule has 33 heavy (non-hydrogen) atoms. The summed E-state index contributed by atoms with van der Waals surface area (Å²) in [6.45, 7) is 0.603. The van der Waals surface area contributed by atoms with Gasteiger partial charge < -0.3 is 24.3 Å². The van der Waals surface area contributed by atoms with Crippen LogP contribution in [0.1, 0.15) is 29.5 Å². The zero-order valence-corrected chi connectivity index (χ0v) is 18.6. The smallest absolute Gasteiger partial charge is 0.238 e. The highest BCUT2D eigenvalue weighted by atomic mass is 19.1. The molecule has 1 fully saturated rings. The standard InChI is InChI=1S/C24H24F2N4O3/c1-29-7-4-14(12-29)10-27-19-8-16-15(11-28-19)13-30(23(31)24(16)5-6-24)22-20(25)17(32-2)9-18(33-3)21(22)26/h4,7-9,11-12H,5-6,10,13H2,1-3H3,(H,27,28). The number of pyridine rings is 1. The van der Waals surface area contributed by atoms with Crippen LogP contribution in [0.25, 0.3) is 0 Å². The van der Waals surface area contributed by atoms with Gasteiger partial charge in [-0.05, 0) is 41.7 Å². The fourth-order valence-corrected chi connectivity index (χ4v) is 4.52. The molecule has 7 nitrogen and oxygen atoms in total. The quantitative estimate of drug-likeness (QED) is 0.612. The Morgan fingerprint density at radius 3 is 2.42 bits per heavy atom. The Morgan fingerprint density at radius 1 is 1.15 bits per heavy atom. The van der Waals surface area contributed by atoms with Crippen LogP contribution in [0.4, 0.5) is 20.3 Å². The zero-order chi connectivity index (χ0) is 23.3. The highest BCUT2D eigenvalue weighted by Gasteiger charge is 2.57. The second-order valence-corrected chi connectivity index (χ2v) is 8.50. The van der Waals surface area contributed by atoms with Crippen molar-refractivity contribution in [1.82, 2.24) is 9.55 Å². The highest BCUT2D eigenvalue weighted by molar-refractivity contribution is 6.05. The molecular formula is C24H24F2N4O3. The van der Waals surface area contributed by atoms with E-state index in [4.69, 9.17) is 9.47 Å². The fourth-order valence-electron chi connectivity index (χ4n) is 4.52. The summed E-state index contributed by atoms with van der Waals surface area (Å²) in [6.07, 6.45) is 6.88. The molecule has 2 aromatic heterocycles. The lowest BCUT2D eigenvalue weighted by Gasteiger charge is -2.35. The molecule has 172 valence electrons. The van der Waals surface area contributed by atoms with Crippen molar-refractivity contribution in [2.24, 2.45) is 7.05 Å². The van der Waals surface area contributed by atoms with Crippen molar-refractivity contribution in [1.29, 1.82) is 0 Å². The van der Waals surface area contributed by atoms with Gasteiger partial charge in [-0.25, -0.2) is 13.8 Å². The normalized spacial score (nSPS) is 16.0. The molecule has 1 aliphatic carbocycles. The third-order valence-electron chi connectivity index (χ3n) is 6.42. The van der Waals surface area contributed by atoms with E-state index < -0.39 is 22.7 Å². The molecule has 0 bridgehead atoms. The Morgan fingerprint density at radius 2 is 1.85 bits per heavy atom. The van der Waals surface area contributed by atoms with Gasteiger partial charge in [-0.1, -0.05) is 0 Å². The van der Waals surface area contributed by atoms with E-state index in [9.17, 15) is 4.79 Å². The first kappa shape index (κ1) is 21.2. The molecule has 1 aliphatic heterocycles. The summed E-state index contributed by atoms with van der Waals surface area (Å²) in [5, 5.41) is 3.29. The Bertz CT molecular complexity index is 1220. The van der Waals surface area contributed by atoms with Gasteiger partial charge in [-0.3, -0.25) is 4.79 Å². The van der Waals surface area contributed by atoms with E-state index in [1.54, 1.807) is 6.20 Å². The molecule has 0 saturated heterocycles. The van der Waals surface area contributed by atoms with Crippen molar-refractivity contribution in [3.8, 4) is 11.5 Å². The molecule has 1 N–H and O–H groups in total. The summed E-state index contributed by atoms with van der Waals surface area (Å²) in [6, 6.07) is 5.04. The lowest BCUT2D eigenvalue weighted by Crippen LogP contribution is -2.45. The predicted molar refractivity (Wildman–Crippen MR) is 119 cm³/mol. The molecule has 1 amide bonds. The molecule has 2 aliphatic rings. The minimum Gasteiger partial charge on any atom is -0.493 e. The minimum atomic E-state index is -0.933. The first-order valence-electron chi connectivity index (χ1n) is 10.6. The number of methoxy groups -OCH3 is 2. The molecule has 0 unspecified atom stereocenters. The number of aromatic nitrogens is 2. The maximum absolute atomic E-state index is 15.1. The van der Waals surface area contributed by atoms with Gasteiger partial charge in [0.2, 0.25) is 5.91 Å². The number of hydrogen-bond donors (Lipinski definition) is 1. The minimum absolute atomic E-state index is 0.00600. The van der Waals surface area contributed by atoms with Gasteiger partial charge in [0, 0.05) is 38.2 Å². The van der Waals surface area contributed by atoms with E-state index in [2.05, 4.69) is 10.3 Å². The monoisotopic (exact) mass is 454 g/mol. The van der Waals surface area contributed by atoms with Crippen LogP contribution in [-0.2, 0) is 30.3 Å². The number of rotatable bonds is 6. The number of nitrogens with one attached hydrogen (secondary N) is 1. The molecule has 1 saturated carbocycles. The Balaban J connectivity index is 1.50. The van der Waals surface area contributed by atoms with Gasteiger partial charge in [-0.15, -0.1) is 0 Å². The lowest BCUT2D eigenvalue weighted by atomic mass is 9.86. The Kier molecular flexibility index (Phi) is 4.99. The number of carbonyl (C=O) groups is 1. The second-order valence-electron chi connectivity index (χ2n) is 8.50. The first-order chi connectivity index (χ1) is 15.9. The van der Waals surface area contributed by atoms with E-state index in [1.807, 2.05) is 36.1 Å². The number of halogens is 2. The number of hydrogen-bond acceptors (Lipinski definition) is 5. The third kappa shape index (κ3) is 3.39. The number of nitrogens with zero attached hydrogens (tertiary/aromatic N) is 3. The fraction of sp³-hybridized carbons (Fsp3) is 0.333. The summed E-state index contributed by atoms with van der Waals surface area (Å²) in [5.41, 5.74) is 1.48. The molecular weight excluding hydrogens is 430 g/mol. The third-order valence-corrected chi connectivity index (χ3v) is 6.42. The van der Waals surface area contributed by atoms with Crippen molar-refractivity contribution >= 4 is 17.4 Å². The Hall–Kier alpha value is -3.62.